The van der Waals surface area contributed by atoms with Crippen LogP contribution in [0.15, 0.2) is 72.8 Å². The summed E-state index contributed by atoms with van der Waals surface area (Å²) in [6.07, 6.45) is 3.28. The minimum atomic E-state index is -0.774. The molecule has 0 N–H and O–H groups in total. The maximum atomic E-state index is 14.1. The molecule has 0 saturated carbocycles. The van der Waals surface area contributed by atoms with Gasteiger partial charge in [0.25, 0.3) is 0 Å². The quantitative estimate of drug-likeness (QED) is 0.182. The Kier molecular flexibility index (Phi) is 5.46. The first-order valence-corrected chi connectivity index (χ1v) is 13.7. The molecule has 4 nitrogen and oxygen atoms in total. The molecule has 1 fully saturated rings. The summed E-state index contributed by atoms with van der Waals surface area (Å²) in [6.45, 7) is 2.82. The van der Waals surface area contributed by atoms with E-state index in [0.717, 1.165) is 47.3 Å². The van der Waals surface area contributed by atoms with E-state index in [1.807, 2.05) is 48.5 Å². The standard InChI is InChI=1S/C29H25Br2NO3/c1-2-3-8-17-35-19-15-13-18(14-16-19)32-26(33)24-25(27(32)34)29(31)21-10-5-4-9-20(21)28(24,30)22-11-6-7-12-23(22)29/h4-7,9-16,24-25H,2-3,8,17H2,1H3. The number of hydrogen-bond donors (Lipinski definition) is 0. The first-order valence-electron chi connectivity index (χ1n) is 12.1. The molecule has 35 heavy (non-hydrogen) atoms. The summed E-state index contributed by atoms with van der Waals surface area (Å²) in [5.41, 5.74) is 4.73. The Bertz CT molecular complexity index is 1210. The maximum absolute atomic E-state index is 14.1. The Hall–Kier alpha value is -2.44. The Morgan fingerprint density at radius 2 is 1.20 bits per heavy atom. The number of hydrogen-bond acceptors (Lipinski definition) is 3. The second-order valence-electron chi connectivity index (χ2n) is 9.53. The molecule has 7 rings (SSSR count). The van der Waals surface area contributed by atoms with E-state index in [1.165, 1.54) is 4.90 Å². The molecule has 2 bridgehead atoms. The van der Waals surface area contributed by atoms with E-state index in [0.29, 0.717) is 12.3 Å². The van der Waals surface area contributed by atoms with Crippen LogP contribution in [0, 0.1) is 11.8 Å². The van der Waals surface area contributed by atoms with Crippen molar-refractivity contribution in [2.45, 2.75) is 34.8 Å². The van der Waals surface area contributed by atoms with Crippen molar-refractivity contribution < 1.29 is 14.3 Å². The number of unbranched alkanes of at least 4 members (excludes halogenated alkanes) is 2. The lowest BCUT2D eigenvalue weighted by Gasteiger charge is -2.55. The van der Waals surface area contributed by atoms with Gasteiger partial charge in [-0.1, -0.05) is 100 Å². The molecule has 3 aliphatic carbocycles. The third-order valence-electron chi connectivity index (χ3n) is 7.70. The predicted octanol–water partition coefficient (Wildman–Crippen LogP) is 6.67. The molecule has 1 aliphatic heterocycles. The number of amides is 2. The van der Waals surface area contributed by atoms with Crippen LogP contribution in [-0.4, -0.2) is 18.4 Å². The zero-order valence-electron chi connectivity index (χ0n) is 19.3. The van der Waals surface area contributed by atoms with Gasteiger partial charge in [-0.25, -0.2) is 4.90 Å². The van der Waals surface area contributed by atoms with E-state index < -0.39 is 20.5 Å². The predicted molar refractivity (Wildman–Crippen MR) is 143 cm³/mol. The van der Waals surface area contributed by atoms with Gasteiger partial charge >= 0.3 is 0 Å². The van der Waals surface area contributed by atoms with Crippen LogP contribution >= 0.6 is 31.9 Å². The van der Waals surface area contributed by atoms with Gasteiger partial charge in [0.05, 0.1) is 32.8 Å². The fraction of sp³-hybridized carbons (Fsp3) is 0.310. The van der Waals surface area contributed by atoms with Gasteiger partial charge in [0.1, 0.15) is 5.75 Å². The van der Waals surface area contributed by atoms with Gasteiger partial charge in [-0.15, -0.1) is 0 Å². The number of alkyl halides is 2. The lowest BCUT2D eigenvalue weighted by Crippen LogP contribution is -2.56. The van der Waals surface area contributed by atoms with Crippen LogP contribution in [0.2, 0.25) is 0 Å². The number of anilines is 1. The van der Waals surface area contributed by atoms with Crippen molar-refractivity contribution in [3.05, 3.63) is 95.1 Å². The molecule has 1 heterocycles. The first-order chi connectivity index (χ1) is 16.9. The number of carbonyl (C=O) groups excluding carboxylic acids is 2. The summed E-state index contributed by atoms with van der Waals surface area (Å²) in [6, 6.07) is 23.6. The number of ether oxygens (including phenoxy) is 1. The van der Waals surface area contributed by atoms with Crippen molar-refractivity contribution in [1.82, 2.24) is 0 Å². The Morgan fingerprint density at radius 1 is 0.743 bits per heavy atom. The average Bonchev–Trinajstić information content (AvgIpc) is 3.16. The second kappa shape index (κ2) is 8.31. The van der Waals surface area contributed by atoms with Gasteiger partial charge < -0.3 is 4.74 Å². The molecule has 0 aromatic heterocycles. The van der Waals surface area contributed by atoms with Crippen molar-refractivity contribution in [2.24, 2.45) is 11.8 Å². The number of benzene rings is 3. The molecule has 6 heteroatoms. The van der Waals surface area contributed by atoms with Crippen LogP contribution in [0.1, 0.15) is 48.4 Å². The third kappa shape index (κ3) is 3.02. The highest BCUT2D eigenvalue weighted by Gasteiger charge is 2.72. The lowest BCUT2D eigenvalue weighted by molar-refractivity contribution is -0.122. The summed E-state index contributed by atoms with van der Waals surface area (Å²) in [5, 5.41) is 0. The fourth-order valence-corrected chi connectivity index (χ4v) is 8.46. The number of halogens is 2. The molecule has 4 aliphatic rings. The van der Waals surface area contributed by atoms with E-state index in [4.69, 9.17) is 4.74 Å². The van der Waals surface area contributed by atoms with Gasteiger partial charge in [-0.05, 0) is 52.9 Å². The molecule has 0 radical (unpaired) electrons. The van der Waals surface area contributed by atoms with Crippen molar-refractivity contribution in [1.29, 1.82) is 0 Å². The highest BCUT2D eigenvalue weighted by atomic mass is 79.9. The molecule has 2 unspecified atom stereocenters. The SMILES string of the molecule is CCCCCOc1ccc(N2C(=O)C3C(C2=O)C2(Br)c4ccccc4C3(Br)c3ccccc32)cc1. The van der Waals surface area contributed by atoms with Crippen molar-refractivity contribution >= 4 is 49.4 Å². The number of rotatable bonds is 6. The number of nitrogens with zero attached hydrogens (tertiary/aromatic N) is 1. The largest absolute Gasteiger partial charge is 0.494 e. The summed E-state index contributed by atoms with van der Waals surface area (Å²) in [7, 11) is 0. The normalized spacial score (nSPS) is 28.0. The smallest absolute Gasteiger partial charge is 0.239 e. The molecule has 2 atom stereocenters. The second-order valence-corrected chi connectivity index (χ2v) is 12.0. The summed E-state index contributed by atoms with van der Waals surface area (Å²) >= 11 is 8.08. The number of imide groups is 1. The van der Waals surface area contributed by atoms with Crippen LogP contribution in [-0.2, 0) is 18.2 Å². The lowest BCUT2D eigenvalue weighted by atomic mass is 9.54. The van der Waals surface area contributed by atoms with E-state index in [9.17, 15) is 9.59 Å². The van der Waals surface area contributed by atoms with Crippen molar-refractivity contribution in [3.8, 4) is 5.75 Å². The zero-order chi connectivity index (χ0) is 24.4. The van der Waals surface area contributed by atoms with Crippen LogP contribution < -0.4 is 9.64 Å². The molecule has 0 spiro atoms. The third-order valence-corrected chi connectivity index (χ3v) is 10.4. The van der Waals surface area contributed by atoms with Gasteiger partial charge in [0, 0.05) is 0 Å². The van der Waals surface area contributed by atoms with Crippen molar-refractivity contribution in [3.63, 3.8) is 0 Å². The average molecular weight is 595 g/mol. The van der Waals surface area contributed by atoms with Crippen LogP contribution in [0.3, 0.4) is 0 Å². The summed E-state index contributed by atoms with van der Waals surface area (Å²) in [5.74, 6) is -0.744. The van der Waals surface area contributed by atoms with E-state index in [2.05, 4.69) is 63.0 Å². The zero-order valence-corrected chi connectivity index (χ0v) is 22.5. The molecule has 3 aromatic rings. The Balaban J connectivity index is 1.42. The molecule has 3 aromatic carbocycles. The van der Waals surface area contributed by atoms with Crippen LogP contribution in [0.5, 0.6) is 5.75 Å². The molecule has 2 amide bonds. The minimum absolute atomic E-state index is 0.179. The topological polar surface area (TPSA) is 46.6 Å². The van der Waals surface area contributed by atoms with E-state index in [-0.39, 0.29) is 11.8 Å². The van der Waals surface area contributed by atoms with Gasteiger partial charge in [0.15, 0.2) is 0 Å². The van der Waals surface area contributed by atoms with Gasteiger partial charge in [-0.2, -0.15) is 0 Å². The Labute approximate surface area is 221 Å². The highest BCUT2D eigenvalue weighted by Crippen LogP contribution is 2.70. The van der Waals surface area contributed by atoms with Crippen molar-refractivity contribution in [2.75, 3.05) is 11.5 Å². The molecule has 178 valence electrons. The molecule has 1 saturated heterocycles. The summed E-state index contributed by atoms with van der Waals surface area (Å²) < 4.78 is 4.28. The first kappa shape index (κ1) is 23.0. The van der Waals surface area contributed by atoms with Crippen LogP contribution in [0.25, 0.3) is 0 Å². The fourth-order valence-electron chi connectivity index (χ4n) is 6.16. The maximum Gasteiger partial charge on any atom is 0.239 e. The summed E-state index contributed by atoms with van der Waals surface area (Å²) in [4.78, 5) is 29.5. The highest BCUT2D eigenvalue weighted by molar-refractivity contribution is 9.10. The van der Waals surface area contributed by atoms with Gasteiger partial charge in [-0.3, -0.25) is 9.59 Å². The van der Waals surface area contributed by atoms with Crippen LogP contribution in [0.4, 0.5) is 5.69 Å². The number of carbonyl (C=O) groups is 2. The van der Waals surface area contributed by atoms with E-state index in [1.54, 1.807) is 0 Å². The van der Waals surface area contributed by atoms with Gasteiger partial charge in [0.2, 0.25) is 11.8 Å². The molecular weight excluding hydrogens is 570 g/mol. The minimum Gasteiger partial charge on any atom is -0.494 e. The van der Waals surface area contributed by atoms with E-state index >= 15 is 0 Å². The molecular formula is C29H25Br2NO3. The monoisotopic (exact) mass is 593 g/mol. The Morgan fingerprint density at radius 3 is 1.63 bits per heavy atom.